The van der Waals surface area contributed by atoms with E-state index in [1.54, 1.807) is 0 Å². The minimum Gasteiger partial charge on any atom is -0.465 e. The van der Waals surface area contributed by atoms with Crippen molar-refractivity contribution < 1.29 is 14.3 Å². The van der Waals surface area contributed by atoms with Gasteiger partial charge in [-0.25, -0.2) is 4.79 Å². The van der Waals surface area contributed by atoms with Gasteiger partial charge in [-0.05, 0) is 12.0 Å². The molecular weight excluding hydrogens is 240 g/mol. The van der Waals surface area contributed by atoms with Crippen LogP contribution in [-0.2, 0) is 11.2 Å². The molecule has 17 heavy (non-hydrogen) atoms. The first kappa shape index (κ1) is 13.5. The van der Waals surface area contributed by atoms with E-state index in [-0.39, 0.29) is 5.91 Å². The topological polar surface area (TPSA) is 81.4 Å². The van der Waals surface area contributed by atoms with Gasteiger partial charge in [0.2, 0.25) is 0 Å². The third-order valence-corrected chi connectivity index (χ3v) is 3.40. The summed E-state index contributed by atoms with van der Waals surface area (Å²) in [4.78, 5) is 23.7. The van der Waals surface area contributed by atoms with E-state index in [4.69, 9.17) is 5.73 Å². The number of nitrogens with two attached hydrogens (primary N) is 1. The third-order valence-electron chi connectivity index (χ3n) is 2.36. The van der Waals surface area contributed by atoms with Crippen molar-refractivity contribution in [1.82, 2.24) is 5.32 Å². The number of nitrogen functional groups attached to an aromatic ring is 1. The van der Waals surface area contributed by atoms with Crippen molar-refractivity contribution in [2.24, 2.45) is 0 Å². The van der Waals surface area contributed by atoms with Crippen molar-refractivity contribution in [2.75, 3.05) is 19.9 Å². The number of hydrogen-bond acceptors (Lipinski definition) is 5. The maximum atomic E-state index is 11.7. The van der Waals surface area contributed by atoms with Crippen molar-refractivity contribution in [1.29, 1.82) is 0 Å². The average molecular weight is 256 g/mol. The second-order valence-corrected chi connectivity index (χ2v) is 4.52. The maximum absolute atomic E-state index is 11.7. The molecule has 0 spiro atoms. The monoisotopic (exact) mass is 256 g/mol. The molecule has 1 rings (SSSR count). The lowest BCUT2D eigenvalue weighted by atomic mass is 10.0. The molecule has 1 amide bonds. The summed E-state index contributed by atoms with van der Waals surface area (Å²) in [6, 6.07) is 0. The molecule has 0 radical (unpaired) electrons. The molecule has 0 saturated carbocycles. The Morgan fingerprint density at radius 3 is 2.59 bits per heavy atom. The quantitative estimate of drug-likeness (QED) is 0.798. The van der Waals surface area contributed by atoms with Crippen molar-refractivity contribution in [3.05, 3.63) is 16.0 Å². The lowest BCUT2D eigenvalue weighted by Gasteiger charge is -2.04. The highest BCUT2D eigenvalue weighted by atomic mass is 32.1. The number of methoxy groups -OCH3 is 1. The lowest BCUT2D eigenvalue weighted by Crippen LogP contribution is -2.20. The molecule has 94 valence electrons. The Morgan fingerprint density at radius 1 is 1.47 bits per heavy atom. The highest BCUT2D eigenvalue weighted by molar-refractivity contribution is 7.18. The maximum Gasteiger partial charge on any atom is 0.348 e. The van der Waals surface area contributed by atoms with Crippen LogP contribution in [0.4, 0.5) is 5.00 Å². The van der Waals surface area contributed by atoms with Crippen LogP contribution in [0.2, 0.25) is 0 Å². The number of nitrogens with one attached hydrogen (secondary N) is 1. The molecule has 0 atom stereocenters. The van der Waals surface area contributed by atoms with E-state index < -0.39 is 5.97 Å². The Labute approximate surface area is 104 Å². The second-order valence-electron chi connectivity index (χ2n) is 3.47. The minimum absolute atomic E-state index is 0.266. The smallest absolute Gasteiger partial charge is 0.348 e. The molecule has 0 aromatic carbocycles. The highest BCUT2D eigenvalue weighted by Crippen LogP contribution is 2.32. The summed E-state index contributed by atoms with van der Waals surface area (Å²) in [6.45, 7) is 1.97. The zero-order valence-electron chi connectivity index (χ0n) is 10.1. The van der Waals surface area contributed by atoms with Gasteiger partial charge in [-0.3, -0.25) is 4.79 Å². The first-order valence-corrected chi connectivity index (χ1v) is 6.09. The van der Waals surface area contributed by atoms with Crippen molar-refractivity contribution in [2.45, 2.75) is 19.8 Å². The van der Waals surface area contributed by atoms with Crippen LogP contribution in [0.3, 0.4) is 0 Å². The number of carbonyl (C=O) groups is 2. The van der Waals surface area contributed by atoms with Gasteiger partial charge in [0.1, 0.15) is 4.88 Å². The van der Waals surface area contributed by atoms with Crippen molar-refractivity contribution in [3.63, 3.8) is 0 Å². The molecule has 0 bridgehead atoms. The van der Waals surface area contributed by atoms with Crippen LogP contribution < -0.4 is 11.1 Å². The van der Waals surface area contributed by atoms with E-state index in [9.17, 15) is 9.59 Å². The van der Waals surface area contributed by atoms with Gasteiger partial charge in [0.05, 0.1) is 17.7 Å². The van der Waals surface area contributed by atoms with Gasteiger partial charge in [-0.15, -0.1) is 11.3 Å². The molecule has 0 unspecified atom stereocenters. The summed E-state index contributed by atoms with van der Waals surface area (Å²) in [5.74, 6) is -0.711. The third kappa shape index (κ3) is 2.58. The molecule has 1 aromatic rings. The largest absolute Gasteiger partial charge is 0.465 e. The van der Waals surface area contributed by atoms with Crippen LogP contribution in [0.5, 0.6) is 0 Å². The Kier molecular flexibility index (Phi) is 4.51. The van der Waals surface area contributed by atoms with Crippen molar-refractivity contribution >= 4 is 28.2 Å². The molecule has 1 aromatic heterocycles. The van der Waals surface area contributed by atoms with Crippen LogP contribution in [-0.4, -0.2) is 26.0 Å². The molecule has 0 fully saturated rings. The highest BCUT2D eigenvalue weighted by Gasteiger charge is 2.25. The molecular formula is C11H16N2O3S. The van der Waals surface area contributed by atoms with Gasteiger partial charge in [0.15, 0.2) is 0 Å². The number of thiophene rings is 1. The van der Waals surface area contributed by atoms with Crippen LogP contribution in [0.1, 0.15) is 38.9 Å². The molecule has 5 nitrogen and oxygen atoms in total. The molecule has 0 aliphatic rings. The van der Waals surface area contributed by atoms with Crippen LogP contribution in [0.15, 0.2) is 0 Å². The summed E-state index contributed by atoms with van der Waals surface area (Å²) in [5, 5.41) is 2.88. The van der Waals surface area contributed by atoms with Gasteiger partial charge in [0.25, 0.3) is 5.91 Å². The van der Waals surface area contributed by atoms with E-state index in [1.807, 2.05) is 6.92 Å². The van der Waals surface area contributed by atoms with E-state index in [1.165, 1.54) is 14.2 Å². The fourth-order valence-corrected chi connectivity index (χ4v) is 2.64. The normalized spacial score (nSPS) is 10.1. The van der Waals surface area contributed by atoms with Gasteiger partial charge in [-0.1, -0.05) is 13.3 Å². The fraction of sp³-hybridized carbons (Fsp3) is 0.455. The molecule has 1 heterocycles. The number of anilines is 1. The summed E-state index contributed by atoms with van der Waals surface area (Å²) >= 11 is 1.10. The number of rotatable bonds is 4. The number of carbonyl (C=O) groups excluding carboxylic acids is 2. The average Bonchev–Trinajstić information content (AvgIpc) is 2.65. The van der Waals surface area contributed by atoms with E-state index >= 15 is 0 Å². The fourth-order valence-electron chi connectivity index (χ4n) is 1.60. The predicted molar refractivity (Wildman–Crippen MR) is 67.5 cm³/mol. The van der Waals surface area contributed by atoms with Gasteiger partial charge < -0.3 is 15.8 Å². The Hall–Kier alpha value is -1.56. The zero-order valence-corrected chi connectivity index (χ0v) is 10.9. The SMILES string of the molecule is CCCc1c(C(=O)OC)sc(N)c1C(=O)NC. The summed E-state index contributed by atoms with van der Waals surface area (Å²) in [5.41, 5.74) is 6.88. The molecule has 0 aliphatic heterocycles. The van der Waals surface area contributed by atoms with Gasteiger partial charge in [0, 0.05) is 7.05 Å². The molecule has 3 N–H and O–H groups in total. The second kappa shape index (κ2) is 5.67. The lowest BCUT2D eigenvalue weighted by molar-refractivity contribution is 0.0605. The van der Waals surface area contributed by atoms with Crippen LogP contribution in [0, 0.1) is 0 Å². The zero-order chi connectivity index (χ0) is 13.0. The standard InChI is InChI=1S/C11H16N2O3S/c1-4-5-6-7(10(14)13-2)9(12)17-8(6)11(15)16-3/h4-5,12H2,1-3H3,(H,13,14). The number of esters is 1. The van der Waals surface area contributed by atoms with Crippen LogP contribution in [0.25, 0.3) is 0 Å². The first-order chi connectivity index (χ1) is 8.06. The number of hydrogen-bond donors (Lipinski definition) is 2. The number of ether oxygens (including phenoxy) is 1. The van der Waals surface area contributed by atoms with Gasteiger partial charge >= 0.3 is 5.97 Å². The minimum atomic E-state index is -0.444. The van der Waals surface area contributed by atoms with Crippen LogP contribution >= 0.6 is 11.3 Å². The summed E-state index contributed by atoms with van der Waals surface area (Å²) in [6.07, 6.45) is 1.45. The van der Waals surface area contributed by atoms with E-state index in [0.29, 0.717) is 27.4 Å². The Bertz CT molecular complexity index is 440. The summed E-state index contributed by atoms with van der Waals surface area (Å²) in [7, 11) is 2.85. The molecule has 0 saturated heterocycles. The Morgan fingerprint density at radius 2 is 2.12 bits per heavy atom. The Balaban J connectivity index is 3.33. The molecule has 0 aliphatic carbocycles. The van der Waals surface area contributed by atoms with Crippen molar-refractivity contribution in [3.8, 4) is 0 Å². The van der Waals surface area contributed by atoms with Gasteiger partial charge in [-0.2, -0.15) is 0 Å². The first-order valence-electron chi connectivity index (χ1n) is 5.28. The van der Waals surface area contributed by atoms with E-state index in [0.717, 1.165) is 17.8 Å². The van der Waals surface area contributed by atoms with E-state index in [2.05, 4.69) is 10.1 Å². The summed E-state index contributed by atoms with van der Waals surface area (Å²) < 4.78 is 4.69. The predicted octanol–water partition coefficient (Wildman–Crippen LogP) is 1.43. The molecule has 6 heteroatoms. The number of amides is 1.